The number of nitrogens with one attached hydrogen (secondary N) is 1. The lowest BCUT2D eigenvalue weighted by Crippen LogP contribution is -1.98. The Morgan fingerprint density at radius 2 is 2.23 bits per heavy atom. The van der Waals surface area contributed by atoms with Crippen LogP contribution in [-0.4, -0.2) is 29.9 Å². The molecule has 0 fully saturated rings. The Labute approximate surface area is 74.7 Å². The summed E-state index contributed by atoms with van der Waals surface area (Å²) < 4.78 is 22.4. The molecular formula is C7H7N3O2S. The maximum Gasteiger partial charge on any atom is 0.194 e. The molecule has 0 unspecified atom stereocenters. The van der Waals surface area contributed by atoms with Crippen molar-refractivity contribution in [2.45, 2.75) is 5.03 Å². The number of nitrogens with zero attached hydrogens (tertiary/aromatic N) is 2. The van der Waals surface area contributed by atoms with Gasteiger partial charge in [-0.25, -0.2) is 8.42 Å². The molecule has 0 saturated carbocycles. The summed E-state index contributed by atoms with van der Waals surface area (Å²) in [5.41, 5.74) is 0.952. The number of hydrogen-bond acceptors (Lipinski definition) is 4. The number of H-pyrrole nitrogens is 1. The van der Waals surface area contributed by atoms with Gasteiger partial charge in [0.25, 0.3) is 0 Å². The van der Waals surface area contributed by atoms with Crippen LogP contribution in [0.1, 0.15) is 0 Å². The van der Waals surface area contributed by atoms with Gasteiger partial charge in [0.1, 0.15) is 11.0 Å². The van der Waals surface area contributed by atoms with Crippen LogP contribution < -0.4 is 0 Å². The maximum absolute atomic E-state index is 11.2. The van der Waals surface area contributed by atoms with E-state index in [9.17, 15) is 8.42 Å². The molecule has 0 aromatic carbocycles. The summed E-state index contributed by atoms with van der Waals surface area (Å²) in [4.78, 5) is 3.93. The van der Waals surface area contributed by atoms with Crippen LogP contribution in [0, 0.1) is 0 Å². The second-order valence-electron chi connectivity index (χ2n) is 2.70. The van der Waals surface area contributed by atoms with Crippen molar-refractivity contribution in [2.75, 3.05) is 6.26 Å². The lowest BCUT2D eigenvalue weighted by Gasteiger charge is -1.91. The third-order valence-electron chi connectivity index (χ3n) is 1.65. The molecule has 0 saturated heterocycles. The van der Waals surface area contributed by atoms with Gasteiger partial charge in [-0.15, -0.1) is 0 Å². The van der Waals surface area contributed by atoms with Gasteiger partial charge in [-0.05, 0) is 12.1 Å². The Balaban J connectivity index is 2.87. The molecule has 6 heteroatoms. The molecule has 0 radical (unpaired) electrons. The first-order valence-electron chi connectivity index (χ1n) is 3.58. The van der Waals surface area contributed by atoms with E-state index in [4.69, 9.17) is 0 Å². The van der Waals surface area contributed by atoms with Gasteiger partial charge >= 0.3 is 0 Å². The minimum absolute atomic E-state index is 0.0723. The highest BCUT2D eigenvalue weighted by Crippen LogP contribution is 2.16. The van der Waals surface area contributed by atoms with Crippen molar-refractivity contribution in [1.29, 1.82) is 0 Å². The molecule has 2 aromatic rings. The maximum atomic E-state index is 11.2. The monoisotopic (exact) mass is 197 g/mol. The SMILES string of the molecule is CS(=O)(=O)c1[nH]nc2cccnc12. The minimum Gasteiger partial charge on any atom is -0.265 e. The highest BCUT2D eigenvalue weighted by atomic mass is 32.2. The lowest BCUT2D eigenvalue weighted by molar-refractivity contribution is 0.598. The van der Waals surface area contributed by atoms with Crippen LogP contribution in [0.4, 0.5) is 0 Å². The molecule has 0 aliphatic rings. The highest BCUT2D eigenvalue weighted by molar-refractivity contribution is 7.90. The number of aromatic nitrogens is 3. The number of aromatic amines is 1. The molecular weight excluding hydrogens is 190 g/mol. The average Bonchev–Trinajstić information content (AvgIpc) is 2.45. The van der Waals surface area contributed by atoms with E-state index in [1.807, 2.05) is 0 Å². The quantitative estimate of drug-likeness (QED) is 0.716. The van der Waals surface area contributed by atoms with Gasteiger partial charge in [-0.3, -0.25) is 10.1 Å². The number of fused-ring (bicyclic) bond motifs is 1. The molecule has 13 heavy (non-hydrogen) atoms. The van der Waals surface area contributed by atoms with Crippen molar-refractivity contribution in [3.63, 3.8) is 0 Å². The molecule has 1 N–H and O–H groups in total. The molecule has 0 aliphatic heterocycles. The summed E-state index contributed by atoms with van der Waals surface area (Å²) >= 11 is 0. The second-order valence-corrected chi connectivity index (χ2v) is 4.65. The van der Waals surface area contributed by atoms with Crippen molar-refractivity contribution in [1.82, 2.24) is 15.2 Å². The zero-order valence-corrected chi connectivity index (χ0v) is 7.67. The first-order valence-corrected chi connectivity index (χ1v) is 5.47. The molecule has 2 rings (SSSR count). The third kappa shape index (κ3) is 1.29. The van der Waals surface area contributed by atoms with E-state index in [2.05, 4.69) is 15.2 Å². The fourth-order valence-corrected chi connectivity index (χ4v) is 1.80. The van der Waals surface area contributed by atoms with Gasteiger partial charge in [0.2, 0.25) is 0 Å². The molecule has 2 aromatic heterocycles. The Morgan fingerprint density at radius 1 is 1.46 bits per heavy atom. The van der Waals surface area contributed by atoms with Crippen molar-refractivity contribution in [2.24, 2.45) is 0 Å². The Morgan fingerprint density at radius 3 is 2.92 bits per heavy atom. The number of sulfone groups is 1. The van der Waals surface area contributed by atoms with E-state index in [-0.39, 0.29) is 5.03 Å². The van der Waals surface area contributed by atoms with E-state index >= 15 is 0 Å². The lowest BCUT2D eigenvalue weighted by atomic mass is 10.4. The first kappa shape index (κ1) is 8.18. The minimum atomic E-state index is -3.27. The number of rotatable bonds is 1. The Bertz CT molecular complexity index is 544. The summed E-state index contributed by atoms with van der Waals surface area (Å²) in [7, 11) is -3.27. The van der Waals surface area contributed by atoms with Gasteiger partial charge in [0, 0.05) is 12.5 Å². The molecule has 0 amide bonds. The van der Waals surface area contributed by atoms with E-state index < -0.39 is 9.84 Å². The summed E-state index contributed by atoms with van der Waals surface area (Å²) in [6.07, 6.45) is 2.65. The van der Waals surface area contributed by atoms with Crippen LogP contribution in [0.2, 0.25) is 0 Å². The van der Waals surface area contributed by atoms with Crippen LogP contribution in [0.15, 0.2) is 23.4 Å². The van der Waals surface area contributed by atoms with Crippen LogP contribution in [-0.2, 0) is 9.84 Å². The number of hydrogen-bond donors (Lipinski definition) is 1. The Kier molecular flexibility index (Phi) is 1.59. The largest absolute Gasteiger partial charge is 0.265 e. The summed E-state index contributed by atoms with van der Waals surface area (Å²) in [6.45, 7) is 0. The predicted molar refractivity (Wildman–Crippen MR) is 47.0 cm³/mol. The molecule has 0 bridgehead atoms. The summed E-state index contributed by atoms with van der Waals surface area (Å²) in [5, 5.41) is 6.34. The van der Waals surface area contributed by atoms with Crippen molar-refractivity contribution >= 4 is 20.9 Å². The van der Waals surface area contributed by atoms with E-state index in [0.717, 1.165) is 6.26 Å². The molecule has 0 aliphatic carbocycles. The fourth-order valence-electron chi connectivity index (χ4n) is 1.08. The molecule has 2 heterocycles. The summed E-state index contributed by atoms with van der Waals surface area (Å²) in [5.74, 6) is 0. The first-order chi connectivity index (χ1) is 6.09. The van der Waals surface area contributed by atoms with Crippen LogP contribution in [0.25, 0.3) is 11.0 Å². The zero-order valence-electron chi connectivity index (χ0n) is 6.85. The van der Waals surface area contributed by atoms with Crippen LogP contribution >= 0.6 is 0 Å². The van der Waals surface area contributed by atoms with Gasteiger partial charge in [-0.1, -0.05) is 0 Å². The highest BCUT2D eigenvalue weighted by Gasteiger charge is 2.15. The van der Waals surface area contributed by atoms with Gasteiger partial charge in [-0.2, -0.15) is 5.10 Å². The standard InChI is InChI=1S/C7H7N3O2S/c1-13(11,12)7-6-5(9-10-7)3-2-4-8-6/h2-4H,1H3,(H,9,10). The van der Waals surface area contributed by atoms with Gasteiger partial charge in [0.05, 0.1) is 0 Å². The van der Waals surface area contributed by atoms with E-state index in [0.29, 0.717) is 11.0 Å². The smallest absolute Gasteiger partial charge is 0.194 e. The van der Waals surface area contributed by atoms with E-state index in [1.54, 1.807) is 12.1 Å². The average molecular weight is 197 g/mol. The van der Waals surface area contributed by atoms with Crippen molar-refractivity contribution in [3.8, 4) is 0 Å². The van der Waals surface area contributed by atoms with E-state index in [1.165, 1.54) is 6.20 Å². The molecule has 0 spiro atoms. The second kappa shape index (κ2) is 2.53. The Hall–Kier alpha value is -1.43. The van der Waals surface area contributed by atoms with Crippen LogP contribution in [0.5, 0.6) is 0 Å². The van der Waals surface area contributed by atoms with Crippen LogP contribution in [0.3, 0.4) is 0 Å². The van der Waals surface area contributed by atoms with Crippen molar-refractivity contribution < 1.29 is 8.42 Å². The molecule has 68 valence electrons. The third-order valence-corrected chi connectivity index (χ3v) is 2.68. The summed E-state index contributed by atoms with van der Waals surface area (Å²) in [6, 6.07) is 3.41. The number of pyridine rings is 1. The predicted octanol–water partition coefficient (Wildman–Crippen LogP) is 0.361. The van der Waals surface area contributed by atoms with Gasteiger partial charge in [0.15, 0.2) is 14.9 Å². The molecule has 0 atom stereocenters. The van der Waals surface area contributed by atoms with Crippen molar-refractivity contribution in [3.05, 3.63) is 18.3 Å². The normalized spacial score (nSPS) is 12.1. The van der Waals surface area contributed by atoms with Gasteiger partial charge < -0.3 is 0 Å². The molecule has 5 nitrogen and oxygen atoms in total. The zero-order chi connectivity index (χ0) is 9.47. The fraction of sp³-hybridized carbons (Fsp3) is 0.143. The topological polar surface area (TPSA) is 75.7 Å².